The zero-order valence-electron chi connectivity index (χ0n) is 14.2. The normalized spacial score (nSPS) is 12.4. The second kappa shape index (κ2) is 8.75. The molecule has 0 aliphatic carbocycles. The Kier molecular flexibility index (Phi) is 6.16. The van der Waals surface area contributed by atoms with Crippen LogP contribution in [0, 0.1) is 0 Å². The predicted molar refractivity (Wildman–Crippen MR) is 94.7 cm³/mol. The van der Waals surface area contributed by atoms with Crippen LogP contribution in [-0.4, -0.2) is 33.2 Å². The van der Waals surface area contributed by atoms with Crippen molar-refractivity contribution in [2.45, 2.75) is 44.4 Å². The molecule has 3 rings (SSSR count). The number of unbranched alkanes of at least 4 members (excludes halogenated alkanes) is 2. The Morgan fingerprint density at radius 3 is 3.08 bits per heavy atom. The van der Waals surface area contributed by atoms with E-state index in [1.165, 1.54) is 24.6 Å². The highest BCUT2D eigenvalue weighted by atomic mass is 32.2. The summed E-state index contributed by atoms with van der Waals surface area (Å²) < 4.78 is 12.6. The van der Waals surface area contributed by atoms with Gasteiger partial charge in [0.2, 0.25) is 12.7 Å². The highest BCUT2D eigenvalue weighted by Gasteiger charge is 2.14. The molecule has 1 amide bonds. The van der Waals surface area contributed by atoms with Gasteiger partial charge < -0.3 is 19.4 Å². The van der Waals surface area contributed by atoms with Gasteiger partial charge in [-0.2, -0.15) is 0 Å². The van der Waals surface area contributed by atoms with Gasteiger partial charge in [-0.1, -0.05) is 37.6 Å². The summed E-state index contributed by atoms with van der Waals surface area (Å²) in [5.41, 5.74) is 0.977. The van der Waals surface area contributed by atoms with Gasteiger partial charge in [-0.15, -0.1) is 10.2 Å². The number of carbonyl (C=O) groups is 1. The molecule has 1 aromatic heterocycles. The molecule has 0 unspecified atom stereocenters. The van der Waals surface area contributed by atoms with Crippen LogP contribution in [0.25, 0.3) is 0 Å². The SMILES string of the molecule is CCCCCn1cnnc1SCC(=O)NCc1ccc2c(c1)OCO2. The van der Waals surface area contributed by atoms with E-state index in [4.69, 9.17) is 9.47 Å². The lowest BCUT2D eigenvalue weighted by Crippen LogP contribution is -2.24. The Balaban J connectivity index is 1.43. The van der Waals surface area contributed by atoms with Crippen LogP contribution >= 0.6 is 11.8 Å². The van der Waals surface area contributed by atoms with Crippen molar-refractivity contribution < 1.29 is 14.3 Å². The van der Waals surface area contributed by atoms with E-state index < -0.39 is 0 Å². The number of hydrogen-bond donors (Lipinski definition) is 1. The molecule has 0 bridgehead atoms. The minimum atomic E-state index is -0.0363. The maximum Gasteiger partial charge on any atom is 0.231 e. The molecule has 0 saturated heterocycles. The van der Waals surface area contributed by atoms with Gasteiger partial charge in [-0.3, -0.25) is 4.79 Å². The van der Waals surface area contributed by atoms with Gasteiger partial charge in [0.05, 0.1) is 5.75 Å². The van der Waals surface area contributed by atoms with Crippen molar-refractivity contribution in [2.75, 3.05) is 12.5 Å². The minimum absolute atomic E-state index is 0.0363. The van der Waals surface area contributed by atoms with Crippen LogP contribution in [0.5, 0.6) is 11.5 Å². The molecule has 0 atom stereocenters. The topological polar surface area (TPSA) is 78.3 Å². The summed E-state index contributed by atoms with van der Waals surface area (Å²) in [5, 5.41) is 11.7. The number of aromatic nitrogens is 3. The van der Waals surface area contributed by atoms with Crippen LogP contribution < -0.4 is 14.8 Å². The molecule has 2 aromatic rings. The van der Waals surface area contributed by atoms with Crippen molar-refractivity contribution >= 4 is 17.7 Å². The van der Waals surface area contributed by atoms with Crippen molar-refractivity contribution in [1.82, 2.24) is 20.1 Å². The van der Waals surface area contributed by atoms with Crippen LogP contribution in [0.4, 0.5) is 0 Å². The van der Waals surface area contributed by atoms with Crippen LogP contribution in [-0.2, 0) is 17.9 Å². The predicted octanol–water partition coefficient (Wildman–Crippen LogP) is 2.61. The number of nitrogens with one attached hydrogen (secondary N) is 1. The molecule has 1 aromatic carbocycles. The highest BCUT2D eigenvalue weighted by Crippen LogP contribution is 2.32. The Hall–Kier alpha value is -2.22. The van der Waals surface area contributed by atoms with Gasteiger partial charge in [0, 0.05) is 13.1 Å². The number of amides is 1. The summed E-state index contributed by atoms with van der Waals surface area (Å²) in [6, 6.07) is 5.67. The lowest BCUT2D eigenvalue weighted by atomic mass is 10.2. The maximum absolute atomic E-state index is 12.1. The average molecular weight is 362 g/mol. The summed E-state index contributed by atoms with van der Waals surface area (Å²) in [6.07, 6.45) is 5.17. The molecular weight excluding hydrogens is 340 g/mol. The first-order valence-electron chi connectivity index (χ1n) is 8.42. The first kappa shape index (κ1) is 17.6. The zero-order chi connectivity index (χ0) is 17.5. The smallest absolute Gasteiger partial charge is 0.231 e. The molecule has 2 heterocycles. The van der Waals surface area contributed by atoms with Gasteiger partial charge in [0.25, 0.3) is 0 Å². The number of rotatable bonds is 9. The van der Waals surface area contributed by atoms with Crippen molar-refractivity contribution in [1.29, 1.82) is 0 Å². The Morgan fingerprint density at radius 1 is 1.32 bits per heavy atom. The molecule has 0 spiro atoms. The molecule has 134 valence electrons. The van der Waals surface area contributed by atoms with E-state index in [1.54, 1.807) is 6.33 Å². The number of benzene rings is 1. The van der Waals surface area contributed by atoms with Crippen LogP contribution in [0.1, 0.15) is 31.7 Å². The number of aryl methyl sites for hydroxylation is 1. The Morgan fingerprint density at radius 2 is 2.20 bits per heavy atom. The van der Waals surface area contributed by atoms with Crippen molar-refractivity contribution in [3.05, 3.63) is 30.1 Å². The van der Waals surface area contributed by atoms with Gasteiger partial charge in [0.1, 0.15) is 6.33 Å². The summed E-state index contributed by atoms with van der Waals surface area (Å²) in [7, 11) is 0. The Labute approximate surface area is 151 Å². The monoisotopic (exact) mass is 362 g/mol. The third-order valence-electron chi connectivity index (χ3n) is 3.84. The number of ether oxygens (including phenoxy) is 2. The van der Waals surface area contributed by atoms with Crippen molar-refractivity contribution in [3.8, 4) is 11.5 Å². The molecule has 0 radical (unpaired) electrons. The summed E-state index contributed by atoms with van der Waals surface area (Å²) in [4.78, 5) is 12.1. The lowest BCUT2D eigenvalue weighted by molar-refractivity contribution is -0.118. The molecular formula is C17H22N4O3S. The van der Waals surface area contributed by atoms with E-state index in [1.807, 2.05) is 22.8 Å². The first-order valence-corrected chi connectivity index (χ1v) is 9.40. The van der Waals surface area contributed by atoms with Gasteiger partial charge >= 0.3 is 0 Å². The first-order chi connectivity index (χ1) is 12.3. The molecule has 1 aliphatic heterocycles. The van der Waals surface area contributed by atoms with Crippen LogP contribution in [0.15, 0.2) is 29.7 Å². The van der Waals surface area contributed by atoms with Gasteiger partial charge in [0.15, 0.2) is 16.7 Å². The molecule has 0 fully saturated rings. The van der Waals surface area contributed by atoms with Gasteiger partial charge in [-0.05, 0) is 24.1 Å². The summed E-state index contributed by atoms with van der Waals surface area (Å²) in [6.45, 7) is 3.77. The van der Waals surface area contributed by atoms with E-state index in [9.17, 15) is 4.79 Å². The fourth-order valence-electron chi connectivity index (χ4n) is 2.47. The van der Waals surface area contributed by atoms with E-state index in [2.05, 4.69) is 22.4 Å². The summed E-state index contributed by atoms with van der Waals surface area (Å²) in [5.74, 6) is 1.75. The zero-order valence-corrected chi connectivity index (χ0v) is 15.1. The van der Waals surface area contributed by atoms with Crippen molar-refractivity contribution in [3.63, 3.8) is 0 Å². The van der Waals surface area contributed by atoms with Crippen LogP contribution in [0.2, 0.25) is 0 Å². The second-order valence-corrected chi connectivity index (χ2v) is 6.71. The molecule has 0 saturated carbocycles. The van der Waals surface area contributed by atoms with E-state index in [0.717, 1.165) is 35.2 Å². The minimum Gasteiger partial charge on any atom is -0.454 e. The number of nitrogens with zero attached hydrogens (tertiary/aromatic N) is 3. The average Bonchev–Trinajstić information content (AvgIpc) is 3.27. The number of fused-ring (bicyclic) bond motifs is 1. The largest absolute Gasteiger partial charge is 0.454 e. The third kappa shape index (κ3) is 4.88. The molecule has 1 aliphatic rings. The quantitative estimate of drug-likeness (QED) is 0.546. The highest BCUT2D eigenvalue weighted by molar-refractivity contribution is 7.99. The van der Waals surface area contributed by atoms with E-state index >= 15 is 0 Å². The Bertz CT molecular complexity index is 720. The number of thioether (sulfide) groups is 1. The second-order valence-electron chi connectivity index (χ2n) is 5.77. The summed E-state index contributed by atoms with van der Waals surface area (Å²) >= 11 is 1.41. The standard InChI is InChI=1S/C17H22N4O3S/c1-2-3-4-7-21-11-19-20-17(21)25-10-16(22)18-9-13-5-6-14-15(8-13)24-12-23-14/h5-6,8,11H,2-4,7,9-10,12H2,1H3,(H,18,22). The lowest BCUT2D eigenvalue weighted by Gasteiger charge is -2.07. The van der Waals surface area contributed by atoms with Gasteiger partial charge in [-0.25, -0.2) is 0 Å². The maximum atomic E-state index is 12.1. The number of hydrogen-bond acceptors (Lipinski definition) is 6. The van der Waals surface area contributed by atoms with E-state index in [-0.39, 0.29) is 12.7 Å². The molecule has 25 heavy (non-hydrogen) atoms. The fraction of sp³-hybridized carbons (Fsp3) is 0.471. The molecule has 1 N–H and O–H groups in total. The van der Waals surface area contributed by atoms with E-state index in [0.29, 0.717) is 12.3 Å². The molecule has 8 heteroatoms. The molecule has 7 nitrogen and oxygen atoms in total. The third-order valence-corrected chi connectivity index (χ3v) is 4.82. The fourth-order valence-corrected chi connectivity index (χ4v) is 3.25. The number of carbonyl (C=O) groups excluding carboxylic acids is 1. The van der Waals surface area contributed by atoms with Crippen molar-refractivity contribution in [2.24, 2.45) is 0 Å². The van der Waals surface area contributed by atoms with Crippen LogP contribution in [0.3, 0.4) is 0 Å².